The topological polar surface area (TPSA) is 59.4 Å². The number of hydrogen-bond acceptors (Lipinski definition) is 4. The van der Waals surface area contributed by atoms with Crippen molar-refractivity contribution in [1.82, 2.24) is 14.7 Å². The van der Waals surface area contributed by atoms with Crippen molar-refractivity contribution in [3.8, 4) is 16.9 Å². The van der Waals surface area contributed by atoms with Crippen LogP contribution in [0.5, 0.6) is 5.75 Å². The Hall–Kier alpha value is -2.34. The predicted octanol–water partition coefficient (Wildman–Crippen LogP) is 2.44. The van der Waals surface area contributed by atoms with Crippen LogP contribution < -0.4 is 10.1 Å². The Kier molecular flexibility index (Phi) is 4.57. The fourth-order valence-corrected chi connectivity index (χ4v) is 3.42. The van der Waals surface area contributed by atoms with Crippen LogP contribution in [0, 0.1) is 6.92 Å². The molecule has 1 aliphatic rings. The molecular formula is C18H24N4O2. The molecule has 128 valence electrons. The quantitative estimate of drug-likeness (QED) is 0.936. The minimum absolute atomic E-state index is 0.0224. The third kappa shape index (κ3) is 2.89. The Morgan fingerprint density at radius 1 is 1.33 bits per heavy atom. The Balaban J connectivity index is 1.98. The molecule has 1 aromatic heterocycles. The van der Waals surface area contributed by atoms with Crippen LogP contribution >= 0.6 is 0 Å². The standard InChI is InChI=1S/C18H24N4O2/c1-12-16(13-8-5-6-10-15(13)24-4)17(22(3)20-12)19-18(23)14-9-7-11-21(14)2/h5-6,8,10,14H,7,9,11H2,1-4H3,(H,19,23)/t14-/m0/s1. The average molecular weight is 328 g/mol. The number of hydrogen-bond donors (Lipinski definition) is 1. The van der Waals surface area contributed by atoms with E-state index in [9.17, 15) is 4.79 Å². The molecular weight excluding hydrogens is 304 g/mol. The lowest BCUT2D eigenvalue weighted by Crippen LogP contribution is -2.37. The average Bonchev–Trinajstić information content (AvgIpc) is 3.11. The number of nitrogens with zero attached hydrogens (tertiary/aromatic N) is 3. The number of aromatic nitrogens is 2. The summed E-state index contributed by atoms with van der Waals surface area (Å²) >= 11 is 0. The Bertz CT molecular complexity index is 753. The van der Waals surface area contributed by atoms with E-state index in [0.29, 0.717) is 5.82 Å². The van der Waals surface area contributed by atoms with Crippen LogP contribution in [-0.4, -0.2) is 47.3 Å². The van der Waals surface area contributed by atoms with Crippen molar-refractivity contribution in [2.45, 2.75) is 25.8 Å². The molecule has 2 aromatic rings. The van der Waals surface area contributed by atoms with E-state index < -0.39 is 0 Å². The molecule has 6 nitrogen and oxygen atoms in total. The number of anilines is 1. The Labute approximate surface area is 142 Å². The van der Waals surface area contributed by atoms with Crippen LogP contribution in [0.3, 0.4) is 0 Å². The van der Waals surface area contributed by atoms with Gasteiger partial charge in [0.15, 0.2) is 0 Å². The molecule has 2 heterocycles. The van der Waals surface area contributed by atoms with E-state index in [2.05, 4.69) is 15.3 Å². The van der Waals surface area contributed by atoms with E-state index in [0.717, 1.165) is 42.0 Å². The summed E-state index contributed by atoms with van der Waals surface area (Å²) in [6.45, 7) is 2.90. The SMILES string of the molecule is COc1ccccc1-c1c(C)nn(C)c1NC(=O)[C@@H]1CCCN1C. The number of ether oxygens (including phenoxy) is 1. The molecule has 1 N–H and O–H groups in total. The second-order valence-corrected chi connectivity index (χ2v) is 6.26. The lowest BCUT2D eigenvalue weighted by atomic mass is 10.0. The molecule has 1 aromatic carbocycles. The van der Waals surface area contributed by atoms with Crippen molar-refractivity contribution in [3.05, 3.63) is 30.0 Å². The lowest BCUT2D eigenvalue weighted by Gasteiger charge is -2.19. The zero-order chi connectivity index (χ0) is 17.3. The molecule has 0 bridgehead atoms. The molecule has 0 saturated carbocycles. The van der Waals surface area contributed by atoms with Crippen LogP contribution in [0.2, 0.25) is 0 Å². The van der Waals surface area contributed by atoms with Gasteiger partial charge >= 0.3 is 0 Å². The molecule has 0 radical (unpaired) electrons. The molecule has 0 spiro atoms. The molecule has 6 heteroatoms. The number of nitrogens with one attached hydrogen (secondary N) is 1. The van der Waals surface area contributed by atoms with Crippen molar-refractivity contribution in [3.63, 3.8) is 0 Å². The van der Waals surface area contributed by atoms with Crippen molar-refractivity contribution >= 4 is 11.7 Å². The zero-order valence-corrected chi connectivity index (χ0v) is 14.7. The first-order valence-electron chi connectivity index (χ1n) is 8.21. The summed E-state index contributed by atoms with van der Waals surface area (Å²) in [4.78, 5) is 14.8. The van der Waals surface area contributed by atoms with E-state index in [1.807, 2.05) is 45.3 Å². The van der Waals surface area contributed by atoms with E-state index in [4.69, 9.17) is 4.74 Å². The number of benzene rings is 1. The molecule has 1 saturated heterocycles. The number of amides is 1. The summed E-state index contributed by atoms with van der Waals surface area (Å²) in [5.74, 6) is 1.50. The Morgan fingerprint density at radius 2 is 2.08 bits per heavy atom. The molecule has 3 rings (SSSR count). The van der Waals surface area contributed by atoms with Crippen LogP contribution in [0.4, 0.5) is 5.82 Å². The molecule has 1 fully saturated rings. The summed E-state index contributed by atoms with van der Waals surface area (Å²) < 4.78 is 7.21. The van der Waals surface area contributed by atoms with Crippen molar-refractivity contribution in [2.75, 3.05) is 26.0 Å². The van der Waals surface area contributed by atoms with Crippen molar-refractivity contribution < 1.29 is 9.53 Å². The minimum atomic E-state index is -0.0780. The maximum atomic E-state index is 12.7. The lowest BCUT2D eigenvalue weighted by molar-refractivity contribution is -0.120. The number of carbonyl (C=O) groups excluding carboxylic acids is 1. The van der Waals surface area contributed by atoms with Crippen molar-refractivity contribution in [2.24, 2.45) is 7.05 Å². The highest BCUT2D eigenvalue weighted by molar-refractivity contribution is 5.98. The first-order valence-corrected chi connectivity index (χ1v) is 8.21. The summed E-state index contributed by atoms with van der Waals surface area (Å²) in [7, 11) is 5.49. The van der Waals surface area contributed by atoms with E-state index in [-0.39, 0.29) is 11.9 Å². The van der Waals surface area contributed by atoms with Gasteiger partial charge in [-0.25, -0.2) is 0 Å². The van der Waals surface area contributed by atoms with Gasteiger partial charge in [-0.2, -0.15) is 5.10 Å². The molecule has 1 aliphatic heterocycles. The smallest absolute Gasteiger partial charge is 0.242 e. The largest absolute Gasteiger partial charge is 0.496 e. The minimum Gasteiger partial charge on any atom is -0.496 e. The van der Waals surface area contributed by atoms with Gasteiger partial charge in [-0.15, -0.1) is 0 Å². The summed E-state index contributed by atoms with van der Waals surface area (Å²) in [5.41, 5.74) is 2.70. The van der Waals surface area contributed by atoms with E-state index >= 15 is 0 Å². The summed E-state index contributed by atoms with van der Waals surface area (Å²) in [6.07, 6.45) is 1.95. The molecule has 1 atom stereocenters. The van der Waals surface area contributed by atoms with Gasteiger partial charge in [0.05, 0.1) is 24.4 Å². The van der Waals surface area contributed by atoms with Gasteiger partial charge in [-0.3, -0.25) is 14.4 Å². The Morgan fingerprint density at radius 3 is 2.75 bits per heavy atom. The summed E-state index contributed by atoms with van der Waals surface area (Å²) in [6, 6.07) is 7.71. The van der Waals surface area contributed by atoms with E-state index in [1.165, 1.54) is 0 Å². The van der Waals surface area contributed by atoms with Crippen LogP contribution in [0.15, 0.2) is 24.3 Å². The highest BCUT2D eigenvalue weighted by Crippen LogP contribution is 2.37. The number of carbonyl (C=O) groups is 1. The van der Waals surface area contributed by atoms with E-state index in [1.54, 1.807) is 11.8 Å². The fraction of sp³-hybridized carbons (Fsp3) is 0.444. The molecule has 1 amide bonds. The third-order valence-electron chi connectivity index (χ3n) is 4.66. The second-order valence-electron chi connectivity index (χ2n) is 6.26. The molecule has 0 aliphatic carbocycles. The summed E-state index contributed by atoms with van der Waals surface area (Å²) in [5, 5.41) is 7.58. The van der Waals surface area contributed by atoms with Crippen molar-refractivity contribution in [1.29, 1.82) is 0 Å². The van der Waals surface area contributed by atoms with Gasteiger partial charge in [0.2, 0.25) is 5.91 Å². The van der Waals surface area contributed by atoms with Crippen LogP contribution in [-0.2, 0) is 11.8 Å². The normalized spacial score (nSPS) is 17.9. The van der Waals surface area contributed by atoms with Gasteiger partial charge in [-0.05, 0) is 39.4 Å². The maximum absolute atomic E-state index is 12.7. The monoisotopic (exact) mass is 328 g/mol. The zero-order valence-electron chi connectivity index (χ0n) is 14.7. The number of para-hydroxylation sites is 1. The number of rotatable bonds is 4. The first-order chi connectivity index (χ1) is 11.5. The highest BCUT2D eigenvalue weighted by Gasteiger charge is 2.29. The number of methoxy groups -OCH3 is 1. The highest BCUT2D eigenvalue weighted by atomic mass is 16.5. The van der Waals surface area contributed by atoms with Crippen LogP contribution in [0.25, 0.3) is 11.1 Å². The van der Waals surface area contributed by atoms with Gasteiger partial charge in [0.1, 0.15) is 11.6 Å². The number of likely N-dealkylation sites (N-methyl/N-ethyl adjacent to an activating group) is 1. The predicted molar refractivity (Wildman–Crippen MR) is 94.2 cm³/mol. The maximum Gasteiger partial charge on any atom is 0.242 e. The molecule has 0 unspecified atom stereocenters. The number of likely N-dealkylation sites (tertiary alicyclic amines) is 1. The van der Waals surface area contributed by atoms with Gasteiger partial charge < -0.3 is 10.1 Å². The van der Waals surface area contributed by atoms with Crippen LogP contribution in [0.1, 0.15) is 18.5 Å². The second kappa shape index (κ2) is 6.65. The van der Waals surface area contributed by atoms with Gasteiger partial charge in [0.25, 0.3) is 0 Å². The fourth-order valence-electron chi connectivity index (χ4n) is 3.42. The first kappa shape index (κ1) is 16.5. The third-order valence-corrected chi connectivity index (χ3v) is 4.66. The van der Waals surface area contributed by atoms with Gasteiger partial charge in [0, 0.05) is 12.6 Å². The number of aryl methyl sites for hydroxylation is 2. The molecule has 24 heavy (non-hydrogen) atoms. The van der Waals surface area contributed by atoms with Gasteiger partial charge in [-0.1, -0.05) is 18.2 Å².